The van der Waals surface area contributed by atoms with Crippen LogP contribution in [0.4, 0.5) is 4.39 Å². The second-order valence-electron chi connectivity index (χ2n) is 3.54. The summed E-state index contributed by atoms with van der Waals surface area (Å²) in [6, 6.07) is 5.47. The summed E-state index contributed by atoms with van der Waals surface area (Å²) >= 11 is 17.7. The molecular weight excluding hydrogens is 299 g/mol. The largest absolute Gasteiger partial charge is 0.392 e. The highest BCUT2D eigenvalue weighted by Gasteiger charge is 2.14. The second kappa shape index (κ2) is 5.41. The fourth-order valence-corrected chi connectivity index (χ4v) is 2.37. The Morgan fingerprint density at radius 2 is 1.83 bits per heavy atom. The molecule has 1 aromatic carbocycles. The monoisotopic (exact) mass is 305 g/mol. The van der Waals surface area contributed by atoms with Gasteiger partial charge in [0.05, 0.1) is 11.6 Å². The first-order chi connectivity index (χ1) is 8.52. The zero-order valence-electron chi connectivity index (χ0n) is 8.92. The molecule has 6 heteroatoms. The van der Waals surface area contributed by atoms with E-state index in [1.54, 1.807) is 0 Å². The number of nitrogens with zero attached hydrogens (tertiary/aromatic N) is 1. The van der Waals surface area contributed by atoms with Gasteiger partial charge >= 0.3 is 0 Å². The highest BCUT2D eigenvalue weighted by atomic mass is 35.5. The fraction of sp³-hybridized carbons (Fsp3) is 0.0833. The summed E-state index contributed by atoms with van der Waals surface area (Å²) in [7, 11) is 0. The summed E-state index contributed by atoms with van der Waals surface area (Å²) in [5.74, 6) is -0.444. The molecule has 0 bridgehead atoms. The van der Waals surface area contributed by atoms with Crippen LogP contribution in [0.25, 0.3) is 11.1 Å². The zero-order chi connectivity index (χ0) is 13.3. The van der Waals surface area contributed by atoms with Gasteiger partial charge in [0.25, 0.3) is 0 Å². The Morgan fingerprint density at radius 1 is 1.11 bits per heavy atom. The van der Waals surface area contributed by atoms with Gasteiger partial charge in [-0.2, -0.15) is 0 Å². The van der Waals surface area contributed by atoms with Crippen LogP contribution >= 0.6 is 34.8 Å². The van der Waals surface area contributed by atoms with E-state index in [1.807, 2.05) is 0 Å². The molecule has 1 N–H and O–H groups in total. The van der Waals surface area contributed by atoms with Crippen molar-refractivity contribution in [1.82, 2.24) is 4.98 Å². The highest BCUT2D eigenvalue weighted by molar-refractivity contribution is 6.35. The standard InChI is InChI=1S/C12H7Cl3FNO/c13-10-3-6(16)1-2-7(10)8-4-11(14)17-12(15)9(8)5-18/h1-4,18H,5H2. The predicted octanol–water partition coefficient (Wildman–Crippen LogP) is 4.34. The Morgan fingerprint density at radius 3 is 2.44 bits per heavy atom. The van der Waals surface area contributed by atoms with Gasteiger partial charge in [0.1, 0.15) is 16.1 Å². The summed E-state index contributed by atoms with van der Waals surface area (Å²) in [6.45, 7) is -0.313. The van der Waals surface area contributed by atoms with E-state index in [2.05, 4.69) is 4.98 Å². The van der Waals surface area contributed by atoms with Crippen LogP contribution in [0.15, 0.2) is 24.3 Å². The van der Waals surface area contributed by atoms with E-state index in [0.717, 1.165) is 0 Å². The van der Waals surface area contributed by atoms with Crippen molar-refractivity contribution in [1.29, 1.82) is 0 Å². The number of hydrogen-bond donors (Lipinski definition) is 1. The molecule has 0 aliphatic rings. The van der Waals surface area contributed by atoms with E-state index in [1.165, 1.54) is 24.3 Å². The third-order valence-corrected chi connectivity index (χ3v) is 3.24. The lowest BCUT2D eigenvalue weighted by Crippen LogP contribution is -1.95. The van der Waals surface area contributed by atoms with Gasteiger partial charge in [0.2, 0.25) is 0 Å². The average Bonchev–Trinajstić information content (AvgIpc) is 2.28. The lowest BCUT2D eigenvalue weighted by atomic mass is 10.0. The Labute approximate surface area is 118 Å². The van der Waals surface area contributed by atoms with E-state index in [9.17, 15) is 9.50 Å². The molecule has 0 saturated heterocycles. The first kappa shape index (κ1) is 13.6. The summed E-state index contributed by atoms with van der Waals surface area (Å²) in [5.41, 5.74) is 1.47. The number of hydrogen-bond acceptors (Lipinski definition) is 2. The van der Waals surface area contributed by atoms with Crippen molar-refractivity contribution in [3.63, 3.8) is 0 Å². The molecule has 94 valence electrons. The van der Waals surface area contributed by atoms with Crippen molar-refractivity contribution in [3.8, 4) is 11.1 Å². The van der Waals surface area contributed by atoms with Crippen LogP contribution < -0.4 is 0 Å². The summed E-state index contributed by atoms with van der Waals surface area (Å²) in [5, 5.41) is 9.79. The molecule has 1 aromatic heterocycles. The average molecular weight is 307 g/mol. The topological polar surface area (TPSA) is 33.1 Å². The number of pyridine rings is 1. The molecule has 2 rings (SSSR count). The van der Waals surface area contributed by atoms with Gasteiger partial charge in [-0.1, -0.05) is 34.8 Å². The summed E-state index contributed by atoms with van der Waals surface area (Å²) in [4.78, 5) is 3.83. The van der Waals surface area contributed by atoms with Crippen LogP contribution in [0, 0.1) is 5.82 Å². The van der Waals surface area contributed by atoms with Crippen LogP contribution in [0.5, 0.6) is 0 Å². The van der Waals surface area contributed by atoms with Crippen molar-refractivity contribution >= 4 is 34.8 Å². The molecule has 0 aliphatic carbocycles. The third kappa shape index (κ3) is 2.59. The van der Waals surface area contributed by atoms with Gasteiger partial charge in [-0.15, -0.1) is 0 Å². The Hall–Kier alpha value is -0.870. The number of aliphatic hydroxyl groups is 1. The minimum atomic E-state index is -0.444. The number of aromatic nitrogens is 1. The normalized spacial score (nSPS) is 10.7. The maximum atomic E-state index is 13.0. The number of halogens is 4. The maximum Gasteiger partial charge on any atom is 0.136 e. The van der Waals surface area contributed by atoms with Gasteiger partial charge in [0.15, 0.2) is 0 Å². The molecule has 2 aromatic rings. The van der Waals surface area contributed by atoms with E-state index in [4.69, 9.17) is 34.8 Å². The second-order valence-corrected chi connectivity index (χ2v) is 4.70. The van der Waals surface area contributed by atoms with E-state index in [-0.39, 0.29) is 21.9 Å². The summed E-state index contributed by atoms with van der Waals surface area (Å²) in [6.07, 6.45) is 0. The third-order valence-electron chi connectivity index (χ3n) is 2.42. The van der Waals surface area contributed by atoms with Crippen molar-refractivity contribution in [2.75, 3.05) is 0 Å². The molecule has 2 nitrogen and oxygen atoms in total. The zero-order valence-corrected chi connectivity index (χ0v) is 11.2. The molecule has 0 amide bonds. The molecule has 0 aliphatic heterocycles. The molecule has 0 atom stereocenters. The minimum absolute atomic E-state index is 0.0976. The first-order valence-electron chi connectivity index (χ1n) is 4.94. The Bertz CT molecular complexity index is 604. The van der Waals surface area contributed by atoms with Gasteiger partial charge in [-0.25, -0.2) is 9.37 Å². The molecule has 0 spiro atoms. The first-order valence-corrected chi connectivity index (χ1v) is 6.07. The van der Waals surface area contributed by atoms with Gasteiger partial charge in [-0.3, -0.25) is 0 Å². The van der Waals surface area contributed by atoms with Crippen molar-refractivity contribution in [3.05, 3.63) is 51.0 Å². The maximum absolute atomic E-state index is 13.0. The number of benzene rings is 1. The van der Waals surface area contributed by atoms with Gasteiger partial charge < -0.3 is 5.11 Å². The lowest BCUT2D eigenvalue weighted by Gasteiger charge is -2.11. The van der Waals surface area contributed by atoms with Crippen LogP contribution in [-0.4, -0.2) is 10.1 Å². The van der Waals surface area contributed by atoms with Crippen LogP contribution in [0.2, 0.25) is 15.3 Å². The number of rotatable bonds is 2. The fourth-order valence-electron chi connectivity index (χ4n) is 1.61. The van der Waals surface area contributed by atoms with Crippen molar-refractivity contribution in [2.45, 2.75) is 6.61 Å². The van der Waals surface area contributed by atoms with E-state index < -0.39 is 5.82 Å². The molecule has 0 radical (unpaired) electrons. The quantitative estimate of drug-likeness (QED) is 0.837. The van der Waals surface area contributed by atoms with Crippen molar-refractivity contribution < 1.29 is 9.50 Å². The molecule has 18 heavy (non-hydrogen) atoms. The molecule has 1 heterocycles. The highest BCUT2D eigenvalue weighted by Crippen LogP contribution is 2.35. The van der Waals surface area contributed by atoms with Crippen molar-refractivity contribution in [2.24, 2.45) is 0 Å². The Kier molecular flexibility index (Phi) is 4.07. The van der Waals surface area contributed by atoms with Gasteiger partial charge in [-0.05, 0) is 29.8 Å². The minimum Gasteiger partial charge on any atom is -0.392 e. The predicted molar refractivity (Wildman–Crippen MR) is 70.6 cm³/mol. The lowest BCUT2D eigenvalue weighted by molar-refractivity contribution is 0.282. The van der Waals surface area contributed by atoms with Crippen LogP contribution in [0.1, 0.15) is 5.56 Å². The number of aliphatic hydroxyl groups excluding tert-OH is 1. The summed E-state index contributed by atoms with van der Waals surface area (Å²) < 4.78 is 13.0. The van der Waals surface area contributed by atoms with Crippen LogP contribution in [-0.2, 0) is 6.61 Å². The molecule has 0 unspecified atom stereocenters. The molecular formula is C12H7Cl3FNO. The van der Waals surface area contributed by atoms with E-state index >= 15 is 0 Å². The van der Waals surface area contributed by atoms with Crippen LogP contribution in [0.3, 0.4) is 0 Å². The smallest absolute Gasteiger partial charge is 0.136 e. The van der Waals surface area contributed by atoms with E-state index in [0.29, 0.717) is 16.7 Å². The molecule has 0 saturated carbocycles. The molecule has 0 fully saturated rings. The SMILES string of the molecule is OCc1c(-c2ccc(F)cc2Cl)cc(Cl)nc1Cl. The van der Waals surface area contributed by atoms with Gasteiger partial charge in [0, 0.05) is 11.1 Å². The Balaban J connectivity index is 2.69.